The number of Topliss-reactive ketones (excluding diaryl/α,β-unsaturated/α-hetero) is 1. The number of rotatable bonds is 4. The Morgan fingerprint density at radius 3 is 2.44 bits per heavy atom. The van der Waals surface area contributed by atoms with E-state index in [2.05, 4.69) is 25.2 Å². The highest BCUT2D eigenvalue weighted by Gasteiger charge is 2.19. The van der Waals surface area contributed by atoms with Gasteiger partial charge < -0.3 is 5.32 Å². The van der Waals surface area contributed by atoms with E-state index in [-0.39, 0.29) is 11.7 Å². The third-order valence-electron chi connectivity index (χ3n) is 4.80. The van der Waals surface area contributed by atoms with E-state index < -0.39 is 0 Å². The molecule has 1 N–H and O–H groups in total. The molecule has 0 saturated heterocycles. The lowest BCUT2D eigenvalue weighted by Gasteiger charge is -2.13. The molecule has 4 rings (SSSR count). The molecule has 136 valence electrons. The predicted octanol–water partition coefficient (Wildman–Crippen LogP) is 5.19. The van der Waals surface area contributed by atoms with Crippen molar-refractivity contribution in [2.45, 2.75) is 26.7 Å². The zero-order valence-corrected chi connectivity index (χ0v) is 15.9. The van der Waals surface area contributed by atoms with Crippen LogP contribution in [0.25, 0.3) is 21.9 Å². The summed E-state index contributed by atoms with van der Waals surface area (Å²) in [5.41, 5.74) is 5.44. The third kappa shape index (κ3) is 2.95. The van der Waals surface area contributed by atoms with Crippen LogP contribution in [0.3, 0.4) is 0 Å². The van der Waals surface area contributed by atoms with E-state index in [0.717, 1.165) is 39.0 Å². The number of ketones is 1. The van der Waals surface area contributed by atoms with Crippen LogP contribution >= 0.6 is 0 Å². The Morgan fingerprint density at radius 1 is 1.07 bits per heavy atom. The molecule has 0 saturated carbocycles. The molecule has 0 spiro atoms. The van der Waals surface area contributed by atoms with Crippen molar-refractivity contribution in [3.8, 4) is 0 Å². The highest BCUT2D eigenvalue weighted by molar-refractivity contribution is 6.09. The number of pyridine rings is 1. The Bertz CT molecular complexity index is 1160. The average Bonchev–Trinajstić information content (AvgIpc) is 2.99. The molecule has 5 heteroatoms. The van der Waals surface area contributed by atoms with Crippen molar-refractivity contribution in [3.63, 3.8) is 0 Å². The maximum atomic E-state index is 11.5. The van der Waals surface area contributed by atoms with Gasteiger partial charge in [0.25, 0.3) is 0 Å². The normalized spacial score (nSPS) is 11.4. The van der Waals surface area contributed by atoms with Crippen LogP contribution in [-0.4, -0.2) is 20.5 Å². The number of aryl methyl sites for hydroxylation is 1. The second-order valence-electron chi connectivity index (χ2n) is 7.12. The highest BCUT2D eigenvalue weighted by Crippen LogP contribution is 2.37. The first kappa shape index (κ1) is 17.2. The van der Waals surface area contributed by atoms with Gasteiger partial charge in [0.15, 0.2) is 11.4 Å². The van der Waals surface area contributed by atoms with Crippen LogP contribution in [0.2, 0.25) is 0 Å². The quantitative estimate of drug-likeness (QED) is 0.510. The third-order valence-corrected chi connectivity index (χ3v) is 4.80. The topological polar surface area (TPSA) is 59.8 Å². The zero-order chi connectivity index (χ0) is 19.1. The summed E-state index contributed by atoms with van der Waals surface area (Å²) in [5.74, 6) is 0.338. The van der Waals surface area contributed by atoms with Gasteiger partial charge in [-0.15, -0.1) is 0 Å². The summed E-state index contributed by atoms with van der Waals surface area (Å²) in [7, 11) is 1.93. The number of hydrogen-bond acceptors (Lipinski definition) is 4. The number of aromatic nitrogens is 3. The lowest BCUT2D eigenvalue weighted by molar-refractivity contribution is 0.101. The zero-order valence-electron chi connectivity index (χ0n) is 15.9. The summed E-state index contributed by atoms with van der Waals surface area (Å²) in [6.45, 7) is 5.86. The lowest BCUT2D eigenvalue weighted by atomic mass is 10.0. The van der Waals surface area contributed by atoms with E-state index in [0.29, 0.717) is 5.56 Å². The Balaban J connectivity index is 1.96. The van der Waals surface area contributed by atoms with Gasteiger partial charge in [-0.1, -0.05) is 32.0 Å². The summed E-state index contributed by atoms with van der Waals surface area (Å²) in [5, 5.41) is 10.4. The molecule has 0 amide bonds. The predicted molar refractivity (Wildman–Crippen MR) is 110 cm³/mol. The van der Waals surface area contributed by atoms with Gasteiger partial charge in [-0.25, -0.2) is 4.98 Å². The van der Waals surface area contributed by atoms with Gasteiger partial charge in [-0.05, 0) is 43.2 Å². The van der Waals surface area contributed by atoms with Crippen molar-refractivity contribution in [2.24, 2.45) is 7.05 Å². The van der Waals surface area contributed by atoms with Gasteiger partial charge in [0, 0.05) is 23.7 Å². The first-order valence-electron chi connectivity index (χ1n) is 9.09. The van der Waals surface area contributed by atoms with E-state index in [9.17, 15) is 4.79 Å². The van der Waals surface area contributed by atoms with Crippen molar-refractivity contribution in [2.75, 3.05) is 5.32 Å². The fourth-order valence-electron chi connectivity index (χ4n) is 3.40. The largest absolute Gasteiger partial charge is 0.354 e. The maximum absolute atomic E-state index is 11.5. The van der Waals surface area contributed by atoms with Crippen LogP contribution in [-0.2, 0) is 7.05 Å². The minimum atomic E-state index is 0.0626. The van der Waals surface area contributed by atoms with E-state index in [4.69, 9.17) is 10.1 Å². The van der Waals surface area contributed by atoms with Crippen molar-refractivity contribution in [1.82, 2.24) is 14.8 Å². The summed E-state index contributed by atoms with van der Waals surface area (Å²) in [6, 6.07) is 15.7. The van der Waals surface area contributed by atoms with Crippen molar-refractivity contribution >= 4 is 39.1 Å². The smallest absolute Gasteiger partial charge is 0.160 e. The molecule has 2 aromatic carbocycles. The van der Waals surface area contributed by atoms with Crippen molar-refractivity contribution in [1.29, 1.82) is 0 Å². The number of nitrogens with zero attached hydrogens (tertiary/aromatic N) is 3. The Morgan fingerprint density at radius 2 is 1.78 bits per heavy atom. The fraction of sp³-hybridized carbons (Fsp3) is 0.227. The number of para-hydroxylation sites is 1. The monoisotopic (exact) mass is 358 g/mol. The van der Waals surface area contributed by atoms with Crippen LogP contribution in [0, 0.1) is 0 Å². The number of nitrogens with one attached hydrogen (secondary N) is 1. The molecule has 0 radical (unpaired) electrons. The van der Waals surface area contributed by atoms with Gasteiger partial charge in [0.2, 0.25) is 0 Å². The second-order valence-corrected chi connectivity index (χ2v) is 7.12. The van der Waals surface area contributed by atoms with Gasteiger partial charge in [0.05, 0.1) is 22.3 Å². The molecule has 5 nitrogen and oxygen atoms in total. The standard InChI is InChI=1S/C22H22N4O/c1-13(2)20-19-21(23-16-11-9-15(10-12-16)14(3)27)17-7-5-6-8-18(17)24-22(19)26(4)25-20/h5-13H,1-4H3,(H,23,24). The number of anilines is 2. The molecule has 2 heterocycles. The molecule has 2 aromatic heterocycles. The maximum Gasteiger partial charge on any atom is 0.160 e. The summed E-state index contributed by atoms with van der Waals surface area (Å²) < 4.78 is 1.85. The number of carbonyl (C=O) groups excluding carboxylic acids is 1. The van der Waals surface area contributed by atoms with Crippen LogP contribution in [0.4, 0.5) is 11.4 Å². The summed E-state index contributed by atoms with van der Waals surface area (Å²) >= 11 is 0. The number of fused-ring (bicyclic) bond motifs is 2. The molecule has 0 aliphatic rings. The summed E-state index contributed by atoms with van der Waals surface area (Å²) in [4.78, 5) is 16.4. The number of carbonyl (C=O) groups is 1. The SMILES string of the molecule is CC(=O)c1ccc(Nc2c3ccccc3nc3c2c(C(C)C)nn3C)cc1. The van der Waals surface area contributed by atoms with Crippen molar-refractivity contribution < 1.29 is 4.79 Å². The molecule has 0 aliphatic carbocycles. The van der Waals surface area contributed by atoms with Gasteiger partial charge in [-0.2, -0.15) is 5.10 Å². The minimum Gasteiger partial charge on any atom is -0.354 e. The van der Waals surface area contributed by atoms with Crippen LogP contribution < -0.4 is 5.32 Å². The Hall–Kier alpha value is -3.21. The minimum absolute atomic E-state index is 0.0626. The molecule has 0 aliphatic heterocycles. The van der Waals surface area contributed by atoms with Crippen LogP contribution in [0.5, 0.6) is 0 Å². The van der Waals surface area contributed by atoms with Crippen molar-refractivity contribution in [3.05, 3.63) is 59.8 Å². The van der Waals surface area contributed by atoms with Gasteiger partial charge in [0.1, 0.15) is 0 Å². The number of benzene rings is 2. The molecule has 27 heavy (non-hydrogen) atoms. The van der Waals surface area contributed by atoms with Crippen LogP contribution in [0.1, 0.15) is 42.7 Å². The molecular formula is C22H22N4O. The van der Waals surface area contributed by atoms with Gasteiger partial charge in [-0.3, -0.25) is 9.48 Å². The van der Waals surface area contributed by atoms with E-state index >= 15 is 0 Å². The van der Waals surface area contributed by atoms with E-state index in [1.54, 1.807) is 6.92 Å². The summed E-state index contributed by atoms with van der Waals surface area (Å²) in [6.07, 6.45) is 0. The molecule has 4 aromatic rings. The van der Waals surface area contributed by atoms with E-state index in [1.807, 2.05) is 54.2 Å². The molecular weight excluding hydrogens is 336 g/mol. The molecule has 0 atom stereocenters. The number of hydrogen-bond donors (Lipinski definition) is 1. The van der Waals surface area contributed by atoms with Crippen LogP contribution in [0.15, 0.2) is 48.5 Å². The average molecular weight is 358 g/mol. The molecule has 0 unspecified atom stereocenters. The van der Waals surface area contributed by atoms with Gasteiger partial charge >= 0.3 is 0 Å². The van der Waals surface area contributed by atoms with E-state index in [1.165, 1.54) is 0 Å². The first-order valence-corrected chi connectivity index (χ1v) is 9.09. The lowest BCUT2D eigenvalue weighted by Crippen LogP contribution is -1.98. The first-order chi connectivity index (χ1) is 13.0. The Labute approximate surface area is 158 Å². The Kier molecular flexibility index (Phi) is 4.15. The second kappa shape index (κ2) is 6.50. The molecule has 0 fully saturated rings. The highest BCUT2D eigenvalue weighted by atomic mass is 16.1. The fourth-order valence-corrected chi connectivity index (χ4v) is 3.40. The molecule has 0 bridgehead atoms.